The minimum atomic E-state index is 0.385. The van der Waals surface area contributed by atoms with E-state index in [4.69, 9.17) is 29.9 Å². The van der Waals surface area contributed by atoms with Crippen LogP contribution in [0, 0.1) is 0 Å². The molecule has 0 saturated carbocycles. The Morgan fingerprint density at radius 1 is 0.667 bits per heavy atom. The molecule has 0 aliphatic carbocycles. The minimum Gasteiger partial charge on any atom is -0.493 e. The van der Waals surface area contributed by atoms with Gasteiger partial charge >= 0.3 is 0 Å². The Labute approximate surface area is 246 Å². The largest absolute Gasteiger partial charge is 0.493 e. The van der Waals surface area contributed by atoms with E-state index in [9.17, 15) is 0 Å². The van der Waals surface area contributed by atoms with E-state index in [-0.39, 0.29) is 0 Å². The van der Waals surface area contributed by atoms with Crippen molar-refractivity contribution in [2.75, 3.05) is 67.6 Å². The molecule has 3 aromatic carbocycles. The number of aromatic amines is 2. The van der Waals surface area contributed by atoms with Gasteiger partial charge in [-0.2, -0.15) is 0 Å². The number of aromatic nitrogens is 4. The second-order valence-electron chi connectivity index (χ2n) is 10.9. The molecule has 0 radical (unpaired) electrons. The van der Waals surface area contributed by atoms with E-state index in [2.05, 4.69) is 48.0 Å². The van der Waals surface area contributed by atoms with Crippen LogP contribution in [-0.2, 0) is 0 Å². The van der Waals surface area contributed by atoms with Crippen molar-refractivity contribution in [1.82, 2.24) is 29.7 Å². The number of hydrogen-bond donors (Lipinski definition) is 3. The van der Waals surface area contributed by atoms with Crippen LogP contribution in [0.15, 0.2) is 54.6 Å². The molecular formula is C32H41N7O3. The lowest BCUT2D eigenvalue weighted by atomic mass is 10.1. The van der Waals surface area contributed by atoms with Crippen molar-refractivity contribution in [1.29, 1.82) is 0 Å². The van der Waals surface area contributed by atoms with Gasteiger partial charge in [0.15, 0.2) is 0 Å². The lowest BCUT2D eigenvalue weighted by molar-refractivity contribution is 0.282. The Morgan fingerprint density at radius 3 is 1.81 bits per heavy atom. The second kappa shape index (κ2) is 13.7. The summed E-state index contributed by atoms with van der Waals surface area (Å²) in [5.74, 6) is 3.79. The fraction of sp³-hybridized carbons (Fsp3) is 0.375. The molecule has 10 heteroatoms. The summed E-state index contributed by atoms with van der Waals surface area (Å²) in [4.78, 5) is 20.8. The summed E-state index contributed by atoms with van der Waals surface area (Å²) in [5.41, 5.74) is 11.1. The van der Waals surface area contributed by atoms with E-state index >= 15 is 0 Å². The Bertz CT molecular complexity index is 1610. The number of hydrogen-bond acceptors (Lipinski definition) is 8. The maximum atomic E-state index is 6.09. The molecule has 42 heavy (non-hydrogen) atoms. The van der Waals surface area contributed by atoms with Crippen molar-refractivity contribution in [3.63, 3.8) is 0 Å². The van der Waals surface area contributed by atoms with Crippen molar-refractivity contribution in [2.24, 2.45) is 5.73 Å². The smallest absolute Gasteiger partial charge is 0.142 e. The fourth-order valence-corrected chi connectivity index (χ4v) is 4.72. The van der Waals surface area contributed by atoms with Gasteiger partial charge in [-0.1, -0.05) is 6.07 Å². The molecule has 0 unspecified atom stereocenters. The number of H-pyrrole nitrogens is 2. The molecule has 2 heterocycles. The number of imidazole rings is 2. The maximum Gasteiger partial charge on any atom is 0.142 e. The lowest BCUT2D eigenvalue weighted by Crippen LogP contribution is -2.15. The number of fused-ring (bicyclic) bond motifs is 2. The first kappa shape index (κ1) is 29.4. The molecular weight excluding hydrogens is 530 g/mol. The quantitative estimate of drug-likeness (QED) is 0.154. The first-order valence-corrected chi connectivity index (χ1v) is 14.4. The van der Waals surface area contributed by atoms with Crippen molar-refractivity contribution < 1.29 is 14.2 Å². The summed E-state index contributed by atoms with van der Waals surface area (Å²) < 4.78 is 18.0. The number of ether oxygens (including phenoxy) is 3. The molecule has 10 nitrogen and oxygen atoms in total. The molecule has 2 aromatic heterocycles. The van der Waals surface area contributed by atoms with Crippen molar-refractivity contribution >= 4 is 22.1 Å². The topological polar surface area (TPSA) is 118 Å². The maximum absolute atomic E-state index is 6.09. The zero-order valence-electron chi connectivity index (χ0n) is 24.9. The lowest BCUT2D eigenvalue weighted by Gasteiger charge is -2.11. The van der Waals surface area contributed by atoms with Gasteiger partial charge in [0, 0.05) is 37.3 Å². The average molecular weight is 572 g/mol. The van der Waals surface area contributed by atoms with E-state index in [0.717, 1.165) is 76.4 Å². The molecule has 4 N–H and O–H groups in total. The van der Waals surface area contributed by atoms with Crippen LogP contribution in [0.25, 0.3) is 44.8 Å². The summed E-state index contributed by atoms with van der Waals surface area (Å²) >= 11 is 0. The SMILES string of the molecule is CN(C)CCCOc1ccc2nc(-c3ccc(-c4nc5ccc(OCCCN(C)C)cc5[nH]4)c(OCCN)c3)[nH]c2c1. The van der Waals surface area contributed by atoms with E-state index < -0.39 is 0 Å². The molecule has 222 valence electrons. The van der Waals surface area contributed by atoms with Crippen molar-refractivity contribution in [2.45, 2.75) is 12.8 Å². The average Bonchev–Trinajstić information content (AvgIpc) is 3.60. The first-order chi connectivity index (χ1) is 20.4. The van der Waals surface area contributed by atoms with Crippen LogP contribution in [0.4, 0.5) is 0 Å². The molecule has 0 saturated heterocycles. The monoisotopic (exact) mass is 571 g/mol. The van der Waals surface area contributed by atoms with Crippen LogP contribution in [-0.4, -0.2) is 97.4 Å². The third-order valence-corrected chi connectivity index (χ3v) is 6.83. The van der Waals surface area contributed by atoms with Gasteiger partial charge < -0.3 is 39.7 Å². The number of rotatable bonds is 15. The van der Waals surface area contributed by atoms with Crippen LogP contribution in [0.5, 0.6) is 17.2 Å². The highest BCUT2D eigenvalue weighted by Crippen LogP contribution is 2.34. The molecule has 5 aromatic rings. The number of nitrogens with one attached hydrogen (secondary N) is 2. The predicted molar refractivity (Wildman–Crippen MR) is 168 cm³/mol. The van der Waals surface area contributed by atoms with Crippen molar-refractivity contribution in [3.05, 3.63) is 54.6 Å². The molecule has 0 atom stereocenters. The summed E-state index contributed by atoms with van der Waals surface area (Å²) in [7, 11) is 8.25. The molecule has 0 aliphatic rings. The van der Waals surface area contributed by atoms with Gasteiger partial charge in [-0.15, -0.1) is 0 Å². The molecule has 0 fully saturated rings. The van der Waals surface area contributed by atoms with Crippen LogP contribution in [0.2, 0.25) is 0 Å². The zero-order chi connectivity index (χ0) is 29.5. The third kappa shape index (κ3) is 7.39. The highest BCUT2D eigenvalue weighted by atomic mass is 16.5. The van der Waals surface area contributed by atoms with Crippen molar-refractivity contribution in [3.8, 4) is 40.0 Å². The second-order valence-corrected chi connectivity index (χ2v) is 10.9. The highest BCUT2D eigenvalue weighted by Gasteiger charge is 2.15. The van der Waals surface area contributed by atoms with E-state index in [0.29, 0.717) is 37.9 Å². The van der Waals surface area contributed by atoms with Gasteiger partial charge in [-0.3, -0.25) is 0 Å². The van der Waals surface area contributed by atoms with E-state index in [1.165, 1.54) is 0 Å². The molecule has 0 bridgehead atoms. The summed E-state index contributed by atoms with van der Waals surface area (Å²) in [6.45, 7) is 4.09. The van der Waals surface area contributed by atoms with E-state index in [1.54, 1.807) is 0 Å². The van der Waals surface area contributed by atoms with Gasteiger partial charge in [0.1, 0.15) is 35.5 Å². The van der Waals surface area contributed by atoms with Gasteiger partial charge in [-0.25, -0.2) is 9.97 Å². The number of nitrogens with zero attached hydrogens (tertiary/aromatic N) is 4. The Balaban J connectivity index is 1.36. The van der Waals surface area contributed by atoms with Crippen LogP contribution in [0.3, 0.4) is 0 Å². The van der Waals surface area contributed by atoms with Gasteiger partial charge in [-0.05, 0) is 77.4 Å². The Hall–Kier alpha value is -4.12. The van der Waals surface area contributed by atoms with Gasteiger partial charge in [0.05, 0.1) is 40.8 Å². The normalized spacial score (nSPS) is 11.7. The first-order valence-electron chi connectivity index (χ1n) is 14.4. The molecule has 0 aliphatic heterocycles. The zero-order valence-corrected chi connectivity index (χ0v) is 24.9. The number of benzene rings is 3. The third-order valence-electron chi connectivity index (χ3n) is 6.83. The summed E-state index contributed by atoms with van der Waals surface area (Å²) in [6.07, 6.45) is 1.93. The molecule has 5 rings (SSSR count). The standard InChI is InChI=1S/C32H41N7O3/c1-38(2)14-5-16-40-23-8-11-26-28(20-23)36-31(34-26)22-7-10-25(30(19-22)42-18-13-33)32-35-27-12-9-24(21-29(27)37-32)41-17-6-15-39(3)4/h7-12,19-21H,5-6,13-18,33H2,1-4H3,(H,34,36)(H,35,37). The van der Waals surface area contributed by atoms with Gasteiger partial charge in [0.25, 0.3) is 0 Å². The van der Waals surface area contributed by atoms with Crippen LogP contribution in [0.1, 0.15) is 12.8 Å². The minimum absolute atomic E-state index is 0.385. The molecule has 0 amide bonds. The summed E-state index contributed by atoms with van der Waals surface area (Å²) in [6, 6.07) is 17.9. The Morgan fingerprint density at radius 2 is 1.24 bits per heavy atom. The summed E-state index contributed by atoms with van der Waals surface area (Å²) in [5, 5.41) is 0. The number of nitrogens with two attached hydrogens (primary N) is 1. The van der Waals surface area contributed by atoms with Crippen LogP contribution < -0.4 is 19.9 Å². The fourth-order valence-electron chi connectivity index (χ4n) is 4.72. The Kier molecular flexibility index (Phi) is 9.58. The predicted octanol–water partition coefficient (Wildman–Crippen LogP) is 4.77. The van der Waals surface area contributed by atoms with E-state index in [1.807, 2.05) is 54.6 Å². The highest BCUT2D eigenvalue weighted by molar-refractivity contribution is 5.84. The molecule has 0 spiro atoms. The van der Waals surface area contributed by atoms with Gasteiger partial charge in [0.2, 0.25) is 0 Å². The van der Waals surface area contributed by atoms with Crippen LogP contribution >= 0.6 is 0 Å².